The Morgan fingerprint density at radius 3 is 2.62 bits per heavy atom. The van der Waals surface area contributed by atoms with Gasteiger partial charge in [-0.1, -0.05) is 30.3 Å². The first-order valence-corrected chi connectivity index (χ1v) is 9.79. The SMILES string of the molecule is C[C@H](Nc1nc(N)ncc1C#N)c1nc2cccc(CC#N)c2c(=O)n1-c1ccccc1. The Balaban J connectivity index is 1.95. The molecule has 3 N–H and O–H groups in total. The first kappa shape index (κ1) is 20.5. The zero-order valence-electron chi connectivity index (χ0n) is 17.1. The molecule has 9 heteroatoms. The molecule has 2 aromatic carbocycles. The molecular formula is C23H18N8O. The summed E-state index contributed by atoms with van der Waals surface area (Å²) in [5, 5.41) is 22.1. The molecule has 4 aromatic rings. The van der Waals surface area contributed by atoms with Gasteiger partial charge in [-0.05, 0) is 30.7 Å². The number of hydrogen-bond acceptors (Lipinski definition) is 8. The van der Waals surface area contributed by atoms with Crippen molar-refractivity contribution in [3.8, 4) is 17.8 Å². The van der Waals surface area contributed by atoms with Crippen molar-refractivity contribution in [2.24, 2.45) is 0 Å². The molecule has 156 valence electrons. The fourth-order valence-electron chi connectivity index (χ4n) is 3.52. The summed E-state index contributed by atoms with van der Waals surface area (Å²) in [4.78, 5) is 26.4. The predicted molar refractivity (Wildman–Crippen MR) is 120 cm³/mol. The third kappa shape index (κ3) is 3.71. The number of aromatic nitrogens is 4. The van der Waals surface area contributed by atoms with Crippen LogP contribution in [0.4, 0.5) is 11.8 Å². The van der Waals surface area contributed by atoms with Gasteiger partial charge in [-0.2, -0.15) is 15.5 Å². The molecule has 32 heavy (non-hydrogen) atoms. The molecule has 0 spiro atoms. The molecule has 2 aromatic heterocycles. The van der Waals surface area contributed by atoms with E-state index in [1.165, 1.54) is 10.8 Å². The second-order valence-corrected chi connectivity index (χ2v) is 7.06. The maximum atomic E-state index is 13.7. The number of nitrogens with two attached hydrogens (primary N) is 1. The van der Waals surface area contributed by atoms with Crippen molar-refractivity contribution < 1.29 is 0 Å². The van der Waals surface area contributed by atoms with Crippen LogP contribution in [0.1, 0.15) is 29.9 Å². The molecule has 0 unspecified atom stereocenters. The Hall–Kier alpha value is -4.76. The Kier molecular flexibility index (Phi) is 5.47. The lowest BCUT2D eigenvalue weighted by Gasteiger charge is -2.21. The highest BCUT2D eigenvalue weighted by atomic mass is 16.1. The van der Waals surface area contributed by atoms with Crippen LogP contribution in [0.15, 0.2) is 59.5 Å². The van der Waals surface area contributed by atoms with Crippen molar-refractivity contribution in [2.45, 2.75) is 19.4 Å². The summed E-state index contributed by atoms with van der Waals surface area (Å²) in [5.74, 6) is 0.690. The molecule has 0 amide bonds. The second-order valence-electron chi connectivity index (χ2n) is 7.06. The zero-order chi connectivity index (χ0) is 22.7. The maximum Gasteiger partial charge on any atom is 0.266 e. The zero-order valence-corrected chi connectivity index (χ0v) is 17.1. The quantitative estimate of drug-likeness (QED) is 0.499. The molecule has 0 fully saturated rings. The molecule has 0 bridgehead atoms. The van der Waals surface area contributed by atoms with Crippen molar-refractivity contribution in [2.75, 3.05) is 11.1 Å². The van der Waals surface area contributed by atoms with Gasteiger partial charge in [0.15, 0.2) is 0 Å². The lowest BCUT2D eigenvalue weighted by atomic mass is 10.1. The number of nitrogens with zero attached hydrogens (tertiary/aromatic N) is 6. The third-order valence-electron chi connectivity index (χ3n) is 4.96. The number of nitriles is 2. The van der Waals surface area contributed by atoms with Crippen molar-refractivity contribution in [1.82, 2.24) is 19.5 Å². The van der Waals surface area contributed by atoms with Crippen LogP contribution in [0.3, 0.4) is 0 Å². The summed E-state index contributed by atoms with van der Waals surface area (Å²) in [6.07, 6.45) is 1.44. The van der Waals surface area contributed by atoms with Gasteiger partial charge in [0.2, 0.25) is 5.95 Å². The minimum atomic E-state index is -0.520. The Morgan fingerprint density at radius 2 is 1.91 bits per heavy atom. The van der Waals surface area contributed by atoms with Gasteiger partial charge in [0.1, 0.15) is 23.3 Å². The van der Waals surface area contributed by atoms with Crippen LogP contribution in [0.25, 0.3) is 16.6 Å². The highest BCUT2D eigenvalue weighted by molar-refractivity contribution is 5.82. The number of anilines is 2. The first-order valence-electron chi connectivity index (χ1n) is 9.79. The minimum Gasteiger partial charge on any atom is -0.368 e. The van der Waals surface area contributed by atoms with Gasteiger partial charge < -0.3 is 11.1 Å². The fourth-order valence-corrected chi connectivity index (χ4v) is 3.52. The van der Waals surface area contributed by atoms with Gasteiger partial charge in [0, 0.05) is 0 Å². The van der Waals surface area contributed by atoms with Gasteiger partial charge in [-0.15, -0.1) is 0 Å². The van der Waals surface area contributed by atoms with Crippen molar-refractivity contribution in [1.29, 1.82) is 10.5 Å². The number of para-hydroxylation sites is 1. The van der Waals surface area contributed by atoms with E-state index in [1.807, 2.05) is 31.2 Å². The van der Waals surface area contributed by atoms with Crippen LogP contribution >= 0.6 is 0 Å². The van der Waals surface area contributed by atoms with Crippen LogP contribution in [0, 0.1) is 22.7 Å². The van der Waals surface area contributed by atoms with E-state index in [2.05, 4.69) is 21.4 Å². The maximum absolute atomic E-state index is 13.7. The standard InChI is InChI=1S/C23H18N8O/c1-14(28-20-16(12-25)13-27-23(26)30-20)21-29-18-9-5-6-15(10-11-24)19(18)22(32)31(21)17-7-3-2-4-8-17/h2-9,13-14H,10H2,1H3,(H3,26,27,28,30)/t14-/m0/s1. The summed E-state index contributed by atoms with van der Waals surface area (Å²) in [6, 6.07) is 18.0. The lowest BCUT2D eigenvalue weighted by Crippen LogP contribution is -2.28. The monoisotopic (exact) mass is 422 g/mol. The van der Waals surface area contributed by atoms with Crippen LogP contribution in [-0.4, -0.2) is 19.5 Å². The highest BCUT2D eigenvalue weighted by Crippen LogP contribution is 2.24. The smallest absolute Gasteiger partial charge is 0.266 e. The average molecular weight is 422 g/mol. The van der Waals surface area contributed by atoms with Gasteiger partial charge in [-0.25, -0.2) is 9.97 Å². The Morgan fingerprint density at radius 1 is 1.12 bits per heavy atom. The number of benzene rings is 2. The van der Waals surface area contributed by atoms with Crippen LogP contribution < -0.4 is 16.6 Å². The van der Waals surface area contributed by atoms with Crippen LogP contribution in [0.2, 0.25) is 0 Å². The molecule has 0 radical (unpaired) electrons. The normalized spacial score (nSPS) is 11.5. The number of fused-ring (bicyclic) bond motifs is 1. The van der Waals surface area contributed by atoms with E-state index >= 15 is 0 Å². The summed E-state index contributed by atoms with van der Waals surface area (Å²) in [7, 11) is 0. The molecule has 0 aliphatic heterocycles. The topological polar surface area (TPSA) is 146 Å². The van der Waals surface area contributed by atoms with Gasteiger partial charge in [0.25, 0.3) is 5.56 Å². The number of nitrogens with one attached hydrogen (secondary N) is 1. The van der Waals surface area contributed by atoms with Crippen LogP contribution in [-0.2, 0) is 6.42 Å². The summed E-state index contributed by atoms with van der Waals surface area (Å²) < 4.78 is 1.51. The Bertz CT molecular complexity index is 1450. The first-order chi connectivity index (χ1) is 15.5. The van der Waals surface area contributed by atoms with E-state index in [9.17, 15) is 15.3 Å². The van der Waals surface area contributed by atoms with Crippen molar-refractivity contribution >= 4 is 22.7 Å². The average Bonchev–Trinajstić information content (AvgIpc) is 2.80. The third-order valence-corrected chi connectivity index (χ3v) is 4.96. The molecule has 0 aliphatic carbocycles. The van der Waals surface area contributed by atoms with E-state index in [-0.39, 0.29) is 29.3 Å². The summed E-state index contributed by atoms with van der Waals surface area (Å²) in [5.41, 5.74) is 7.37. The van der Waals surface area contributed by atoms with E-state index in [0.717, 1.165) is 0 Å². The van der Waals surface area contributed by atoms with E-state index < -0.39 is 6.04 Å². The Labute approximate surface area is 183 Å². The molecule has 1 atom stereocenters. The highest BCUT2D eigenvalue weighted by Gasteiger charge is 2.21. The summed E-state index contributed by atoms with van der Waals surface area (Å²) in [6.45, 7) is 1.81. The van der Waals surface area contributed by atoms with Crippen molar-refractivity contribution in [3.05, 3.63) is 82.0 Å². The molecule has 0 aliphatic rings. The van der Waals surface area contributed by atoms with Crippen LogP contribution in [0.5, 0.6) is 0 Å². The van der Waals surface area contributed by atoms with Crippen molar-refractivity contribution in [3.63, 3.8) is 0 Å². The molecule has 4 rings (SSSR count). The second kappa shape index (κ2) is 8.54. The van der Waals surface area contributed by atoms with Gasteiger partial charge >= 0.3 is 0 Å². The van der Waals surface area contributed by atoms with E-state index in [4.69, 9.17) is 10.7 Å². The lowest BCUT2D eigenvalue weighted by molar-refractivity contribution is 0.730. The molecule has 0 saturated carbocycles. The number of nitrogen functional groups attached to an aromatic ring is 1. The van der Waals surface area contributed by atoms with E-state index in [0.29, 0.717) is 28.0 Å². The minimum absolute atomic E-state index is 0.0202. The largest absolute Gasteiger partial charge is 0.368 e. The molecule has 9 nitrogen and oxygen atoms in total. The molecule has 0 saturated heterocycles. The fraction of sp³-hybridized carbons (Fsp3) is 0.130. The van der Waals surface area contributed by atoms with Gasteiger partial charge in [-0.3, -0.25) is 9.36 Å². The van der Waals surface area contributed by atoms with E-state index in [1.54, 1.807) is 30.3 Å². The number of hydrogen-bond donors (Lipinski definition) is 2. The summed E-state index contributed by atoms with van der Waals surface area (Å²) >= 11 is 0. The van der Waals surface area contributed by atoms with Gasteiger partial charge in [0.05, 0.1) is 41.3 Å². The molecular weight excluding hydrogens is 404 g/mol. The predicted octanol–water partition coefficient (Wildman–Crippen LogP) is 2.87. The number of rotatable bonds is 5. The molecule has 2 heterocycles.